The molecule has 2 aliphatic rings. The number of fused-ring (bicyclic) bond motifs is 1. The van der Waals surface area contributed by atoms with Crippen LogP contribution in [0.25, 0.3) is 11.0 Å². The van der Waals surface area contributed by atoms with E-state index in [2.05, 4.69) is 28.7 Å². The fourth-order valence-corrected chi connectivity index (χ4v) is 3.45. The van der Waals surface area contributed by atoms with Crippen molar-refractivity contribution in [3.8, 4) is 0 Å². The Morgan fingerprint density at radius 3 is 2.73 bits per heavy atom. The van der Waals surface area contributed by atoms with Gasteiger partial charge in [0.2, 0.25) is 11.9 Å². The highest BCUT2D eigenvalue weighted by Gasteiger charge is 2.50. The van der Waals surface area contributed by atoms with Crippen LogP contribution in [0.4, 0.5) is 5.95 Å². The number of rotatable bonds is 3. The topological polar surface area (TPSA) is 46.9 Å². The van der Waals surface area contributed by atoms with E-state index in [1.807, 2.05) is 18.2 Å². The molecular weight excluding hydrogens is 298 g/mol. The summed E-state index contributed by atoms with van der Waals surface area (Å²) in [4.78, 5) is 17.1. The maximum absolute atomic E-state index is 12.4. The van der Waals surface area contributed by atoms with Crippen molar-refractivity contribution in [2.24, 2.45) is 11.3 Å². The summed E-state index contributed by atoms with van der Waals surface area (Å²) in [5.41, 5.74) is 2.03. The zero-order valence-electron chi connectivity index (χ0n) is 12.9. The number of carbonyl (C=O) groups is 1. The molecule has 0 aliphatic heterocycles. The van der Waals surface area contributed by atoms with Crippen LogP contribution in [-0.4, -0.2) is 15.5 Å². The summed E-state index contributed by atoms with van der Waals surface area (Å²) in [6, 6.07) is 6.13. The summed E-state index contributed by atoms with van der Waals surface area (Å²) in [6.45, 7) is 4.26. The van der Waals surface area contributed by atoms with Gasteiger partial charge < -0.3 is 4.57 Å². The Morgan fingerprint density at radius 1 is 1.41 bits per heavy atom. The molecule has 1 amide bonds. The third kappa shape index (κ3) is 2.21. The van der Waals surface area contributed by atoms with Crippen LogP contribution in [0.2, 0.25) is 5.02 Å². The van der Waals surface area contributed by atoms with Crippen LogP contribution in [0, 0.1) is 11.3 Å². The fourth-order valence-electron chi connectivity index (χ4n) is 3.28. The number of imidazole rings is 1. The van der Waals surface area contributed by atoms with Crippen LogP contribution in [-0.2, 0) is 4.79 Å². The number of carbonyl (C=O) groups excluding carboxylic acids is 1. The number of nitrogens with one attached hydrogen (secondary N) is 1. The minimum atomic E-state index is 0.0898. The first-order chi connectivity index (χ1) is 10.5. The molecule has 1 heterocycles. The van der Waals surface area contributed by atoms with Gasteiger partial charge >= 0.3 is 0 Å². The molecule has 1 atom stereocenters. The lowest BCUT2D eigenvalue weighted by molar-refractivity contribution is -0.118. The van der Waals surface area contributed by atoms with E-state index in [0.29, 0.717) is 17.0 Å². The lowest BCUT2D eigenvalue weighted by Gasteiger charge is -2.29. The van der Waals surface area contributed by atoms with Gasteiger partial charge in [0.25, 0.3) is 0 Å². The number of hydrogen-bond acceptors (Lipinski definition) is 2. The zero-order chi connectivity index (χ0) is 15.5. The van der Waals surface area contributed by atoms with E-state index in [9.17, 15) is 4.79 Å². The van der Waals surface area contributed by atoms with Crippen LogP contribution in [0.1, 0.15) is 45.6 Å². The molecule has 4 rings (SSSR count). The molecule has 1 unspecified atom stereocenters. The van der Waals surface area contributed by atoms with E-state index in [1.165, 1.54) is 6.42 Å². The van der Waals surface area contributed by atoms with E-state index >= 15 is 0 Å². The molecule has 0 bridgehead atoms. The minimum Gasteiger partial charge on any atom is -0.307 e. The molecule has 22 heavy (non-hydrogen) atoms. The second-order valence-corrected chi connectivity index (χ2v) is 7.69. The standard InChI is InChI=1S/C17H20ClN3O/c1-17(2)9-12(17)15(22)20-16-19-13-7-6-10(18)8-14(13)21(16)11-4-3-5-11/h6-8,11-12H,3-5,9H2,1-2H3,(H,19,20,22). The molecule has 2 fully saturated rings. The normalized spacial score (nSPS) is 23.3. The molecule has 4 nitrogen and oxygen atoms in total. The Labute approximate surface area is 134 Å². The maximum Gasteiger partial charge on any atom is 0.230 e. The molecular formula is C17H20ClN3O. The molecule has 1 aromatic heterocycles. The monoisotopic (exact) mass is 317 g/mol. The lowest BCUT2D eigenvalue weighted by Crippen LogP contribution is -2.23. The Morgan fingerprint density at radius 2 is 2.14 bits per heavy atom. The molecule has 2 aromatic rings. The van der Waals surface area contributed by atoms with Gasteiger partial charge in [0.05, 0.1) is 11.0 Å². The van der Waals surface area contributed by atoms with Crippen molar-refractivity contribution in [2.75, 3.05) is 5.32 Å². The van der Waals surface area contributed by atoms with Crippen molar-refractivity contribution < 1.29 is 4.79 Å². The Bertz CT molecular complexity index is 761. The van der Waals surface area contributed by atoms with Crippen molar-refractivity contribution in [3.63, 3.8) is 0 Å². The summed E-state index contributed by atoms with van der Waals surface area (Å²) in [5, 5.41) is 3.76. The van der Waals surface area contributed by atoms with E-state index in [0.717, 1.165) is 30.3 Å². The highest BCUT2D eigenvalue weighted by Crippen LogP contribution is 2.52. The highest BCUT2D eigenvalue weighted by atomic mass is 35.5. The second kappa shape index (κ2) is 4.72. The quantitative estimate of drug-likeness (QED) is 0.912. The first-order valence-corrected chi connectivity index (χ1v) is 8.32. The summed E-state index contributed by atoms with van der Waals surface area (Å²) >= 11 is 6.14. The third-order valence-electron chi connectivity index (χ3n) is 5.16. The van der Waals surface area contributed by atoms with E-state index in [-0.39, 0.29) is 17.2 Å². The summed E-state index contributed by atoms with van der Waals surface area (Å²) in [5.74, 6) is 0.868. The van der Waals surface area contributed by atoms with Gasteiger partial charge in [-0.3, -0.25) is 10.1 Å². The molecule has 116 valence electrons. The van der Waals surface area contributed by atoms with Gasteiger partial charge in [0.15, 0.2) is 0 Å². The second-order valence-electron chi connectivity index (χ2n) is 7.26. The number of hydrogen-bond donors (Lipinski definition) is 1. The smallest absolute Gasteiger partial charge is 0.230 e. The molecule has 5 heteroatoms. The predicted molar refractivity (Wildman–Crippen MR) is 88.1 cm³/mol. The number of anilines is 1. The fraction of sp³-hybridized carbons (Fsp3) is 0.529. The zero-order valence-corrected chi connectivity index (χ0v) is 13.7. The van der Waals surface area contributed by atoms with Gasteiger partial charge in [0.1, 0.15) is 0 Å². The van der Waals surface area contributed by atoms with E-state index < -0.39 is 0 Å². The number of amides is 1. The molecule has 0 radical (unpaired) electrons. The highest BCUT2D eigenvalue weighted by molar-refractivity contribution is 6.31. The van der Waals surface area contributed by atoms with Crippen molar-refractivity contribution in [1.82, 2.24) is 9.55 Å². The summed E-state index contributed by atoms with van der Waals surface area (Å²) in [6.07, 6.45) is 4.45. The van der Waals surface area contributed by atoms with E-state index in [4.69, 9.17) is 11.6 Å². The largest absolute Gasteiger partial charge is 0.307 e. The molecule has 2 aliphatic carbocycles. The molecule has 2 saturated carbocycles. The molecule has 1 N–H and O–H groups in total. The Hall–Kier alpha value is -1.55. The van der Waals surface area contributed by atoms with Gasteiger partial charge in [-0.1, -0.05) is 25.4 Å². The van der Waals surface area contributed by atoms with Crippen LogP contribution >= 0.6 is 11.6 Å². The predicted octanol–water partition coefficient (Wildman–Crippen LogP) is 4.40. The van der Waals surface area contributed by atoms with Crippen molar-refractivity contribution in [3.05, 3.63) is 23.2 Å². The SMILES string of the molecule is CC1(C)CC1C(=O)Nc1nc2ccc(Cl)cc2n1C1CCC1. The molecule has 1 aromatic carbocycles. The summed E-state index contributed by atoms with van der Waals surface area (Å²) < 4.78 is 2.16. The van der Waals surface area contributed by atoms with E-state index in [1.54, 1.807) is 0 Å². The average Bonchev–Trinajstić information content (AvgIpc) is 2.91. The van der Waals surface area contributed by atoms with Gasteiger partial charge in [-0.2, -0.15) is 0 Å². The molecule has 0 saturated heterocycles. The van der Waals surface area contributed by atoms with Crippen molar-refractivity contribution in [1.29, 1.82) is 0 Å². The number of halogens is 1. The van der Waals surface area contributed by atoms with Crippen LogP contribution < -0.4 is 5.32 Å². The lowest BCUT2D eigenvalue weighted by atomic mass is 9.93. The maximum atomic E-state index is 12.4. The van der Waals surface area contributed by atoms with Crippen LogP contribution in [0.15, 0.2) is 18.2 Å². The van der Waals surface area contributed by atoms with Gasteiger partial charge in [-0.25, -0.2) is 4.98 Å². The number of benzene rings is 1. The first-order valence-electron chi connectivity index (χ1n) is 7.94. The molecule has 0 spiro atoms. The average molecular weight is 318 g/mol. The first kappa shape index (κ1) is 14.1. The van der Waals surface area contributed by atoms with Crippen molar-refractivity contribution in [2.45, 2.75) is 45.6 Å². The Balaban J connectivity index is 1.71. The third-order valence-corrected chi connectivity index (χ3v) is 5.39. The van der Waals surface area contributed by atoms with Gasteiger partial charge in [0, 0.05) is 17.0 Å². The Kier molecular flexibility index (Phi) is 3.02. The van der Waals surface area contributed by atoms with Crippen molar-refractivity contribution >= 4 is 34.5 Å². The summed E-state index contributed by atoms with van der Waals surface area (Å²) in [7, 11) is 0. The van der Waals surface area contributed by atoms with Gasteiger partial charge in [-0.15, -0.1) is 0 Å². The minimum absolute atomic E-state index is 0.0898. The van der Waals surface area contributed by atoms with Crippen LogP contribution in [0.3, 0.4) is 0 Å². The van der Waals surface area contributed by atoms with Crippen LogP contribution in [0.5, 0.6) is 0 Å². The van der Waals surface area contributed by atoms with Gasteiger partial charge in [-0.05, 0) is 49.3 Å². The number of nitrogens with zero attached hydrogens (tertiary/aromatic N) is 2. The number of aromatic nitrogens is 2.